The zero-order valence-electron chi connectivity index (χ0n) is 24.6. The third-order valence-electron chi connectivity index (χ3n) is 6.14. The predicted molar refractivity (Wildman–Crippen MR) is 154 cm³/mol. The molecule has 0 aliphatic heterocycles. The van der Waals surface area contributed by atoms with E-state index in [1.165, 1.54) is 6.92 Å². The molecule has 212 valence electrons. The Morgan fingerprint density at radius 3 is 2.44 bits per heavy atom. The van der Waals surface area contributed by atoms with Crippen LogP contribution in [0.3, 0.4) is 0 Å². The summed E-state index contributed by atoms with van der Waals surface area (Å²) >= 11 is 0. The SMILES string of the molecule is CCN(CCCS(=O)(=O)[O-])c1ccc(N=Nc2c(C#N)c(C(C)(C)C)nn2-c2ccccc2C)c(NC(C)=O)c1.[Na+]. The number of aromatic nitrogens is 2. The molecule has 0 fully saturated rings. The first-order valence-corrected chi connectivity index (χ1v) is 14.4. The number of benzene rings is 2. The maximum Gasteiger partial charge on any atom is 1.00 e. The van der Waals surface area contributed by atoms with Crippen molar-refractivity contribution in [2.45, 2.75) is 53.4 Å². The van der Waals surface area contributed by atoms with Crippen molar-refractivity contribution in [2.75, 3.05) is 29.1 Å². The number of rotatable bonds is 10. The van der Waals surface area contributed by atoms with Gasteiger partial charge in [-0.25, -0.2) is 13.1 Å². The standard InChI is InChI=1S/C28H35N7O4S.Na/c1-7-34(15-10-16-40(37,38)39)21-13-14-23(24(17-21)30-20(3)36)31-32-27-22(18-29)26(28(4,5)6)33-35(27)25-12-9-8-11-19(25)2;/h8-9,11-14,17H,7,10,15-16H2,1-6H3,(H,30,36)(H,37,38,39);/q;+1/p-1. The average Bonchev–Trinajstić information content (AvgIpc) is 3.24. The van der Waals surface area contributed by atoms with Gasteiger partial charge in [0.15, 0.2) is 5.82 Å². The summed E-state index contributed by atoms with van der Waals surface area (Å²) < 4.78 is 34.7. The van der Waals surface area contributed by atoms with E-state index in [1.54, 1.807) is 22.9 Å². The normalized spacial score (nSPS) is 11.7. The molecule has 0 atom stereocenters. The Hall–Kier alpha value is -3.08. The van der Waals surface area contributed by atoms with E-state index in [4.69, 9.17) is 5.10 Å². The van der Waals surface area contributed by atoms with Crippen molar-refractivity contribution < 1.29 is 47.3 Å². The van der Waals surface area contributed by atoms with Gasteiger partial charge in [-0.2, -0.15) is 10.4 Å². The second kappa shape index (κ2) is 14.2. The minimum absolute atomic E-state index is 0. The molecular formula is C28H34N7NaO4S. The first kappa shape index (κ1) is 34.1. The van der Waals surface area contributed by atoms with Crippen LogP contribution in [0.2, 0.25) is 0 Å². The van der Waals surface area contributed by atoms with Gasteiger partial charge in [0.2, 0.25) is 5.91 Å². The van der Waals surface area contributed by atoms with E-state index in [0.29, 0.717) is 41.4 Å². The van der Waals surface area contributed by atoms with Crippen molar-refractivity contribution in [3.05, 3.63) is 59.3 Å². The van der Waals surface area contributed by atoms with Gasteiger partial charge in [-0.1, -0.05) is 39.0 Å². The molecule has 3 rings (SSSR count). The fourth-order valence-electron chi connectivity index (χ4n) is 4.20. The summed E-state index contributed by atoms with van der Waals surface area (Å²) in [6.07, 6.45) is 0.173. The van der Waals surface area contributed by atoms with Crippen molar-refractivity contribution in [2.24, 2.45) is 10.2 Å². The molecular weight excluding hydrogens is 553 g/mol. The molecule has 0 bridgehead atoms. The molecule has 0 saturated heterocycles. The molecule has 0 spiro atoms. The number of nitriles is 1. The van der Waals surface area contributed by atoms with E-state index in [0.717, 1.165) is 11.3 Å². The number of carbonyl (C=O) groups excluding carboxylic acids is 1. The summed E-state index contributed by atoms with van der Waals surface area (Å²) in [5, 5.41) is 26.5. The van der Waals surface area contributed by atoms with Crippen molar-refractivity contribution >= 4 is 38.9 Å². The van der Waals surface area contributed by atoms with Crippen LogP contribution in [0.5, 0.6) is 0 Å². The number of aryl methyl sites for hydroxylation is 1. The Morgan fingerprint density at radius 1 is 1.20 bits per heavy atom. The maximum absolute atomic E-state index is 12.0. The van der Waals surface area contributed by atoms with Crippen LogP contribution in [0.15, 0.2) is 52.7 Å². The fraction of sp³-hybridized carbons (Fsp3) is 0.393. The number of amides is 1. The van der Waals surface area contributed by atoms with Gasteiger partial charge in [0.1, 0.15) is 17.3 Å². The molecule has 13 heteroatoms. The van der Waals surface area contributed by atoms with Gasteiger partial charge in [0, 0.05) is 36.9 Å². The topological polar surface area (TPSA) is 156 Å². The number of para-hydroxylation sites is 1. The largest absolute Gasteiger partial charge is 1.00 e. The third-order valence-corrected chi connectivity index (χ3v) is 6.93. The number of carbonyl (C=O) groups is 1. The van der Waals surface area contributed by atoms with Crippen LogP contribution in [-0.4, -0.2) is 47.5 Å². The number of hydrogen-bond acceptors (Lipinski definition) is 9. The number of nitrogens with zero attached hydrogens (tertiary/aromatic N) is 6. The summed E-state index contributed by atoms with van der Waals surface area (Å²) in [4.78, 5) is 13.9. The first-order chi connectivity index (χ1) is 18.7. The molecule has 1 amide bonds. The average molecular weight is 588 g/mol. The van der Waals surface area contributed by atoms with E-state index in [-0.39, 0.29) is 47.7 Å². The van der Waals surface area contributed by atoms with E-state index in [1.807, 2.05) is 63.8 Å². The van der Waals surface area contributed by atoms with Crippen LogP contribution >= 0.6 is 0 Å². The van der Waals surface area contributed by atoms with Crippen molar-refractivity contribution in [1.29, 1.82) is 5.26 Å². The second-order valence-corrected chi connectivity index (χ2v) is 11.9. The molecule has 41 heavy (non-hydrogen) atoms. The summed E-state index contributed by atoms with van der Waals surface area (Å²) in [5.74, 6) is -0.499. The minimum Gasteiger partial charge on any atom is -0.748 e. The molecule has 0 radical (unpaired) electrons. The van der Waals surface area contributed by atoms with Gasteiger partial charge in [0.05, 0.1) is 27.2 Å². The van der Waals surface area contributed by atoms with Crippen LogP contribution in [0, 0.1) is 18.3 Å². The van der Waals surface area contributed by atoms with Gasteiger partial charge >= 0.3 is 29.6 Å². The van der Waals surface area contributed by atoms with Crippen LogP contribution in [0.4, 0.5) is 22.9 Å². The summed E-state index contributed by atoms with van der Waals surface area (Å²) in [6, 6.07) is 15.1. The van der Waals surface area contributed by atoms with Crippen LogP contribution in [-0.2, 0) is 20.3 Å². The zero-order valence-corrected chi connectivity index (χ0v) is 27.4. The van der Waals surface area contributed by atoms with Crippen LogP contribution < -0.4 is 39.8 Å². The van der Waals surface area contributed by atoms with Gasteiger partial charge in [-0.15, -0.1) is 10.2 Å². The number of nitrogens with one attached hydrogen (secondary N) is 1. The summed E-state index contributed by atoms with van der Waals surface area (Å²) in [7, 11) is -4.31. The third kappa shape index (κ3) is 8.95. The fourth-order valence-corrected chi connectivity index (χ4v) is 4.68. The molecule has 11 nitrogen and oxygen atoms in total. The Bertz CT molecular complexity index is 1570. The molecule has 2 aromatic carbocycles. The van der Waals surface area contributed by atoms with Crippen molar-refractivity contribution in [3.8, 4) is 11.8 Å². The molecule has 3 aromatic rings. The Morgan fingerprint density at radius 2 is 1.88 bits per heavy atom. The first-order valence-electron chi connectivity index (χ1n) is 12.9. The molecule has 1 aromatic heterocycles. The Kier molecular flexibility index (Phi) is 11.8. The van der Waals surface area contributed by atoms with Crippen LogP contribution in [0.1, 0.15) is 57.9 Å². The zero-order chi connectivity index (χ0) is 29.7. The Labute approximate surface area is 263 Å². The van der Waals surface area contributed by atoms with E-state index >= 15 is 0 Å². The smallest absolute Gasteiger partial charge is 0.748 e. The molecule has 1 N–H and O–H groups in total. The van der Waals surface area contributed by atoms with Gasteiger partial charge in [-0.05, 0) is 50.1 Å². The van der Waals surface area contributed by atoms with E-state index in [2.05, 4.69) is 21.6 Å². The summed E-state index contributed by atoms with van der Waals surface area (Å²) in [6.45, 7) is 12.0. The molecule has 1 heterocycles. The van der Waals surface area contributed by atoms with Gasteiger partial charge in [-0.3, -0.25) is 4.79 Å². The molecule has 0 aliphatic rings. The van der Waals surface area contributed by atoms with E-state index in [9.17, 15) is 23.0 Å². The summed E-state index contributed by atoms with van der Waals surface area (Å²) in [5.41, 5.74) is 3.63. The molecule has 0 saturated carbocycles. The maximum atomic E-state index is 12.0. The monoisotopic (exact) mass is 587 g/mol. The van der Waals surface area contributed by atoms with Gasteiger partial charge < -0.3 is 14.8 Å². The number of anilines is 2. The number of hydrogen-bond donors (Lipinski definition) is 1. The van der Waals surface area contributed by atoms with Crippen LogP contribution in [0.25, 0.3) is 5.69 Å². The predicted octanol–water partition coefficient (Wildman–Crippen LogP) is 2.49. The Balaban J connectivity index is 0.00000588. The van der Waals surface area contributed by atoms with Crippen molar-refractivity contribution in [1.82, 2.24) is 9.78 Å². The molecule has 0 aliphatic carbocycles. The molecule has 0 unspecified atom stereocenters. The minimum atomic E-state index is -4.31. The second-order valence-electron chi connectivity index (χ2n) is 10.4. The van der Waals surface area contributed by atoms with Crippen molar-refractivity contribution in [3.63, 3.8) is 0 Å². The van der Waals surface area contributed by atoms with E-state index < -0.39 is 21.3 Å². The van der Waals surface area contributed by atoms with Gasteiger partial charge in [0.25, 0.3) is 0 Å². The number of azo groups is 1. The quantitative estimate of drug-likeness (QED) is 0.217.